The number of carboxylic acid groups (broad SMARTS) is 2. The fourth-order valence-electron chi connectivity index (χ4n) is 2.58. The van der Waals surface area contributed by atoms with Crippen molar-refractivity contribution < 1.29 is 15.0 Å². The number of hydrogen-bond donors (Lipinski definition) is 0. The van der Waals surface area contributed by atoms with Crippen molar-refractivity contribution in [2.75, 3.05) is 0 Å². The van der Waals surface area contributed by atoms with Gasteiger partial charge in [-0.15, -0.1) is 0 Å². The highest BCUT2D eigenvalue weighted by Gasteiger charge is 2.01. The van der Waals surface area contributed by atoms with E-state index < -0.39 is 6.16 Å². The summed E-state index contributed by atoms with van der Waals surface area (Å²) in [5.41, 5.74) is 0. The van der Waals surface area contributed by atoms with Crippen LogP contribution in [0.25, 0.3) is 0 Å². The number of carbonyl (C=O) groups excluding carboxylic acids is 1. The molecule has 0 N–H and O–H groups in total. The van der Waals surface area contributed by atoms with Crippen molar-refractivity contribution in [3.63, 3.8) is 0 Å². The Hall–Kier alpha value is -2.99. The molecule has 4 aromatic rings. The first kappa shape index (κ1) is 23.3. The fourth-order valence-corrected chi connectivity index (χ4v) is 5.01. The average Bonchev–Trinajstić information content (AvgIpc) is 2.77. The summed E-state index contributed by atoms with van der Waals surface area (Å²) in [5.74, 6) is 0. The van der Waals surface area contributed by atoms with Crippen molar-refractivity contribution in [2.45, 2.75) is 0 Å². The van der Waals surface area contributed by atoms with E-state index in [2.05, 4.69) is 121 Å². The van der Waals surface area contributed by atoms with Gasteiger partial charge >= 0.3 is 0 Å². The molecular formula is C25H24O3P2. The zero-order valence-electron chi connectivity index (χ0n) is 16.4. The van der Waals surface area contributed by atoms with Gasteiger partial charge in [0.1, 0.15) is 0 Å². The molecule has 5 heteroatoms. The molecule has 0 aliphatic heterocycles. The monoisotopic (exact) mass is 434 g/mol. The zero-order chi connectivity index (χ0) is 21.4. The SMILES string of the molecule is O=C([O-])[O-].c1ccc([PH2+]c2ccccc2)cc1.c1ccc([PH2+]c2ccccc2)cc1. The van der Waals surface area contributed by atoms with E-state index in [0.29, 0.717) is 0 Å². The minimum absolute atomic E-state index is 0.271. The maximum absolute atomic E-state index is 8.33. The second kappa shape index (κ2) is 14.1. The Morgan fingerprint density at radius 2 is 0.600 bits per heavy atom. The Morgan fingerprint density at radius 1 is 0.433 bits per heavy atom. The summed E-state index contributed by atoms with van der Waals surface area (Å²) in [6.45, 7) is 0. The quantitative estimate of drug-likeness (QED) is 0.459. The summed E-state index contributed by atoms with van der Waals surface area (Å²) in [5, 5.41) is 22.5. The van der Waals surface area contributed by atoms with Gasteiger partial charge < -0.3 is 15.0 Å². The van der Waals surface area contributed by atoms with Crippen molar-refractivity contribution in [3.05, 3.63) is 121 Å². The van der Waals surface area contributed by atoms with Gasteiger partial charge in [0.25, 0.3) is 0 Å². The van der Waals surface area contributed by atoms with E-state index in [1.54, 1.807) is 0 Å². The highest BCUT2D eigenvalue weighted by Crippen LogP contribution is 2.09. The molecular weight excluding hydrogens is 410 g/mol. The van der Waals surface area contributed by atoms with Crippen LogP contribution in [0.1, 0.15) is 0 Å². The molecule has 4 aromatic carbocycles. The van der Waals surface area contributed by atoms with Gasteiger partial charge in [0.2, 0.25) is 0 Å². The van der Waals surface area contributed by atoms with Gasteiger partial charge in [-0.1, -0.05) is 72.8 Å². The van der Waals surface area contributed by atoms with Crippen molar-refractivity contribution in [1.82, 2.24) is 0 Å². The van der Waals surface area contributed by atoms with Crippen molar-refractivity contribution in [2.24, 2.45) is 0 Å². The van der Waals surface area contributed by atoms with E-state index in [1.807, 2.05) is 0 Å². The highest BCUT2D eigenvalue weighted by atomic mass is 31.1. The van der Waals surface area contributed by atoms with Gasteiger partial charge in [-0.2, -0.15) is 0 Å². The van der Waals surface area contributed by atoms with Crippen LogP contribution in [-0.2, 0) is 0 Å². The second-order valence-corrected chi connectivity index (χ2v) is 9.43. The molecule has 0 bridgehead atoms. The average molecular weight is 434 g/mol. The molecule has 0 spiro atoms. The lowest BCUT2D eigenvalue weighted by molar-refractivity contribution is -0.415. The predicted octanol–water partition coefficient (Wildman–Crippen LogP) is 1.65. The third-order valence-corrected chi connectivity index (χ3v) is 6.74. The van der Waals surface area contributed by atoms with Gasteiger partial charge in [0.05, 0.1) is 38.4 Å². The number of carbonyl (C=O) groups is 1. The number of hydrogen-bond acceptors (Lipinski definition) is 3. The molecule has 0 aromatic heterocycles. The van der Waals surface area contributed by atoms with Crippen LogP contribution in [-0.4, -0.2) is 6.16 Å². The normalized spacial score (nSPS) is 9.33. The van der Waals surface area contributed by atoms with E-state index in [0.717, 1.165) is 0 Å². The van der Waals surface area contributed by atoms with E-state index >= 15 is 0 Å². The highest BCUT2D eigenvalue weighted by molar-refractivity contribution is 7.55. The molecule has 0 amide bonds. The van der Waals surface area contributed by atoms with Crippen LogP contribution in [0.15, 0.2) is 121 Å². The lowest BCUT2D eigenvalue weighted by Gasteiger charge is -1.96. The van der Waals surface area contributed by atoms with Gasteiger partial charge in [-0.05, 0) is 54.7 Å². The molecule has 0 saturated carbocycles. The van der Waals surface area contributed by atoms with Crippen LogP contribution in [0.4, 0.5) is 4.79 Å². The summed E-state index contributed by atoms with van der Waals surface area (Å²) in [6, 6.07) is 42.6. The molecule has 0 fully saturated rings. The summed E-state index contributed by atoms with van der Waals surface area (Å²) in [6.07, 6.45) is -2.33. The molecule has 152 valence electrons. The van der Waals surface area contributed by atoms with Crippen molar-refractivity contribution in [1.29, 1.82) is 0 Å². The van der Waals surface area contributed by atoms with Crippen molar-refractivity contribution >= 4 is 44.5 Å². The second-order valence-electron chi connectivity index (χ2n) is 6.18. The van der Waals surface area contributed by atoms with E-state index in [4.69, 9.17) is 15.0 Å². The van der Waals surface area contributed by atoms with E-state index in [9.17, 15) is 0 Å². The van der Waals surface area contributed by atoms with Gasteiger partial charge in [-0.25, -0.2) is 0 Å². The van der Waals surface area contributed by atoms with Crippen LogP contribution < -0.4 is 31.4 Å². The Balaban J connectivity index is 0.000000182. The van der Waals surface area contributed by atoms with Crippen LogP contribution >= 0.6 is 17.2 Å². The molecule has 0 heterocycles. The number of rotatable bonds is 4. The van der Waals surface area contributed by atoms with Crippen LogP contribution in [0.3, 0.4) is 0 Å². The summed E-state index contributed by atoms with van der Waals surface area (Å²) < 4.78 is 0. The van der Waals surface area contributed by atoms with E-state index in [-0.39, 0.29) is 17.2 Å². The van der Waals surface area contributed by atoms with Crippen molar-refractivity contribution in [3.8, 4) is 0 Å². The Bertz CT molecular complexity index is 808. The topological polar surface area (TPSA) is 63.2 Å². The van der Waals surface area contributed by atoms with Crippen LogP contribution in [0.2, 0.25) is 0 Å². The summed E-state index contributed by atoms with van der Waals surface area (Å²) >= 11 is 0. The lowest BCUT2D eigenvalue weighted by Crippen LogP contribution is -2.37. The molecule has 0 aliphatic carbocycles. The molecule has 0 atom stereocenters. The van der Waals surface area contributed by atoms with Gasteiger partial charge in [0, 0.05) is 0 Å². The summed E-state index contributed by atoms with van der Waals surface area (Å²) in [4.78, 5) is 8.33. The molecule has 0 saturated heterocycles. The summed E-state index contributed by atoms with van der Waals surface area (Å²) in [7, 11) is 0.543. The molecule has 0 radical (unpaired) electrons. The molecule has 3 nitrogen and oxygen atoms in total. The predicted molar refractivity (Wildman–Crippen MR) is 129 cm³/mol. The minimum atomic E-state index is -2.33. The lowest BCUT2D eigenvalue weighted by atomic mass is 10.4. The first-order chi connectivity index (χ1) is 14.6. The maximum Gasteiger partial charge on any atom is 0.0942 e. The smallest absolute Gasteiger partial charge is 0.0942 e. The molecule has 0 aliphatic rings. The first-order valence-corrected chi connectivity index (χ1v) is 11.7. The third-order valence-electron chi connectivity index (χ3n) is 3.86. The van der Waals surface area contributed by atoms with Crippen LogP contribution in [0, 0.1) is 0 Å². The third kappa shape index (κ3) is 10.5. The van der Waals surface area contributed by atoms with Gasteiger partial charge in [-0.3, -0.25) is 0 Å². The fraction of sp³-hybridized carbons (Fsp3) is 0. The molecule has 30 heavy (non-hydrogen) atoms. The minimum Gasteiger partial charge on any atom is -0.652 e. The van der Waals surface area contributed by atoms with E-state index in [1.165, 1.54) is 21.2 Å². The number of benzene rings is 4. The zero-order valence-corrected chi connectivity index (χ0v) is 18.7. The Labute approximate surface area is 181 Å². The maximum atomic E-state index is 8.33. The molecule has 0 unspecified atom stereocenters. The van der Waals surface area contributed by atoms with Crippen LogP contribution in [0.5, 0.6) is 0 Å². The first-order valence-electron chi connectivity index (χ1n) is 9.41. The Kier molecular flexibility index (Phi) is 10.9. The molecule has 4 rings (SSSR count). The van der Waals surface area contributed by atoms with Gasteiger partial charge in [0.15, 0.2) is 0 Å². The Morgan fingerprint density at radius 3 is 0.767 bits per heavy atom. The largest absolute Gasteiger partial charge is 0.652 e. The standard InChI is InChI=1S/2C12H11P.CH2O3/c2*1-3-7-11(8-4-1)13-12-9-5-2-6-10-12;2-1(3)4/h2*1-10,13H;(H2,2,3,4).